The third-order valence-electron chi connectivity index (χ3n) is 4.45. The summed E-state index contributed by atoms with van der Waals surface area (Å²) in [6.07, 6.45) is 3.45. The predicted octanol–water partition coefficient (Wildman–Crippen LogP) is 3.34. The lowest BCUT2D eigenvalue weighted by atomic mass is 9.81. The molecule has 120 valence electrons. The lowest BCUT2D eigenvalue weighted by Crippen LogP contribution is -2.37. The van der Waals surface area contributed by atoms with Gasteiger partial charge in [-0.25, -0.2) is 0 Å². The van der Waals surface area contributed by atoms with Crippen LogP contribution in [0.1, 0.15) is 31.2 Å². The number of halogens is 1. The molecule has 1 saturated carbocycles. The molecule has 2 rings (SSSR count). The first-order valence-corrected chi connectivity index (χ1v) is 8.49. The normalized spacial score (nSPS) is 21.4. The third kappa shape index (κ3) is 4.57. The lowest BCUT2D eigenvalue weighted by molar-refractivity contribution is -0.145. The molecule has 0 spiro atoms. The number of benzene rings is 1. The fraction of sp³-hybridized carbons (Fsp3) is 0.529. The second-order valence-electron chi connectivity index (χ2n) is 6.02. The molecule has 1 N–H and O–H groups in total. The van der Waals surface area contributed by atoms with Gasteiger partial charge in [0.05, 0.1) is 5.92 Å². The number of carbonyl (C=O) groups excluding carboxylic acids is 1. The lowest BCUT2D eigenvalue weighted by Gasteiger charge is -2.29. The van der Waals surface area contributed by atoms with Gasteiger partial charge in [-0.2, -0.15) is 0 Å². The minimum atomic E-state index is -0.727. The van der Waals surface area contributed by atoms with Crippen LogP contribution in [-0.4, -0.2) is 35.5 Å². The van der Waals surface area contributed by atoms with Gasteiger partial charge in [-0.05, 0) is 49.8 Å². The Balaban J connectivity index is 1.80. The predicted molar refractivity (Wildman–Crippen MR) is 88.6 cm³/mol. The zero-order chi connectivity index (χ0) is 16.1. The number of carbonyl (C=O) groups is 2. The number of aliphatic carboxylic acids is 1. The van der Waals surface area contributed by atoms with Gasteiger partial charge < -0.3 is 10.0 Å². The van der Waals surface area contributed by atoms with Crippen molar-refractivity contribution in [3.8, 4) is 0 Å². The molecule has 1 aromatic carbocycles. The van der Waals surface area contributed by atoms with Gasteiger partial charge in [0.1, 0.15) is 0 Å². The highest BCUT2D eigenvalue weighted by atomic mass is 79.9. The molecule has 5 heteroatoms. The topological polar surface area (TPSA) is 57.6 Å². The number of hydrogen-bond acceptors (Lipinski definition) is 2. The van der Waals surface area contributed by atoms with Crippen LogP contribution in [-0.2, 0) is 16.0 Å². The standard InChI is InChI=1S/C17H22BrNO3/c1-19(11-10-12-2-8-15(18)9-3-12)16(20)13-4-6-14(7-5-13)17(21)22/h2-3,8-9,13-14H,4-7,10-11H2,1H3,(H,21,22). The molecule has 1 amide bonds. The van der Waals surface area contributed by atoms with E-state index in [1.807, 2.05) is 19.2 Å². The highest BCUT2D eigenvalue weighted by Gasteiger charge is 2.30. The first-order chi connectivity index (χ1) is 10.5. The van der Waals surface area contributed by atoms with Crippen molar-refractivity contribution >= 4 is 27.8 Å². The Morgan fingerprint density at radius 1 is 1.14 bits per heavy atom. The molecule has 0 aliphatic heterocycles. The largest absolute Gasteiger partial charge is 0.481 e. The molecule has 0 heterocycles. The number of nitrogens with zero attached hydrogens (tertiary/aromatic N) is 1. The molecule has 0 bridgehead atoms. The highest BCUT2D eigenvalue weighted by molar-refractivity contribution is 9.10. The number of carboxylic acids is 1. The molecule has 22 heavy (non-hydrogen) atoms. The maximum absolute atomic E-state index is 12.4. The zero-order valence-corrected chi connectivity index (χ0v) is 14.4. The molecule has 1 fully saturated rings. The Hall–Kier alpha value is -1.36. The summed E-state index contributed by atoms with van der Waals surface area (Å²) in [5.74, 6) is -0.849. The molecule has 0 atom stereocenters. The molecule has 0 aromatic heterocycles. The molecule has 0 saturated heterocycles. The monoisotopic (exact) mass is 367 g/mol. The Kier molecular flexibility index (Phi) is 6.00. The van der Waals surface area contributed by atoms with Gasteiger partial charge in [0.15, 0.2) is 0 Å². The van der Waals surface area contributed by atoms with E-state index in [9.17, 15) is 9.59 Å². The summed E-state index contributed by atoms with van der Waals surface area (Å²) in [6, 6.07) is 8.12. The number of hydrogen-bond donors (Lipinski definition) is 1. The summed E-state index contributed by atoms with van der Waals surface area (Å²) in [6.45, 7) is 0.694. The number of amides is 1. The van der Waals surface area contributed by atoms with Crippen molar-refractivity contribution in [3.05, 3.63) is 34.3 Å². The maximum Gasteiger partial charge on any atom is 0.306 e. The first-order valence-electron chi connectivity index (χ1n) is 7.69. The fourth-order valence-electron chi connectivity index (χ4n) is 2.96. The average Bonchev–Trinajstić information content (AvgIpc) is 2.53. The van der Waals surface area contributed by atoms with Crippen LogP contribution in [0.15, 0.2) is 28.7 Å². The fourth-order valence-corrected chi connectivity index (χ4v) is 3.22. The van der Waals surface area contributed by atoms with E-state index in [0.29, 0.717) is 32.2 Å². The van der Waals surface area contributed by atoms with Crippen LogP contribution in [0.2, 0.25) is 0 Å². The summed E-state index contributed by atoms with van der Waals surface area (Å²) in [5, 5.41) is 9.00. The van der Waals surface area contributed by atoms with Crippen LogP contribution >= 0.6 is 15.9 Å². The molecule has 1 aromatic rings. The third-order valence-corrected chi connectivity index (χ3v) is 4.98. The second-order valence-corrected chi connectivity index (χ2v) is 6.94. The van der Waals surface area contributed by atoms with E-state index >= 15 is 0 Å². The van der Waals surface area contributed by atoms with E-state index in [1.165, 1.54) is 5.56 Å². The highest BCUT2D eigenvalue weighted by Crippen LogP contribution is 2.30. The Morgan fingerprint density at radius 2 is 1.68 bits per heavy atom. The van der Waals surface area contributed by atoms with Crippen LogP contribution in [0.5, 0.6) is 0 Å². The van der Waals surface area contributed by atoms with Crippen LogP contribution in [0, 0.1) is 11.8 Å². The van der Waals surface area contributed by atoms with Gasteiger partial charge >= 0.3 is 5.97 Å². The summed E-state index contributed by atoms with van der Waals surface area (Å²) < 4.78 is 1.05. The van der Waals surface area contributed by atoms with E-state index in [-0.39, 0.29) is 17.7 Å². The van der Waals surface area contributed by atoms with Crippen molar-refractivity contribution < 1.29 is 14.7 Å². The van der Waals surface area contributed by atoms with Gasteiger partial charge in [-0.15, -0.1) is 0 Å². The molecule has 0 radical (unpaired) electrons. The van der Waals surface area contributed by atoms with Crippen LogP contribution < -0.4 is 0 Å². The Bertz CT molecular complexity index is 521. The van der Waals surface area contributed by atoms with Crippen molar-refractivity contribution in [2.45, 2.75) is 32.1 Å². The van der Waals surface area contributed by atoms with Crippen LogP contribution in [0.25, 0.3) is 0 Å². The minimum absolute atomic E-state index is 0.00878. The Labute approximate surface area is 139 Å². The molecular weight excluding hydrogens is 346 g/mol. The van der Waals surface area contributed by atoms with Crippen LogP contribution in [0.3, 0.4) is 0 Å². The SMILES string of the molecule is CN(CCc1ccc(Br)cc1)C(=O)C1CCC(C(=O)O)CC1. The van der Waals surface area contributed by atoms with Crippen molar-refractivity contribution in [2.75, 3.05) is 13.6 Å². The van der Waals surface area contributed by atoms with E-state index in [4.69, 9.17) is 5.11 Å². The van der Waals surface area contributed by atoms with Crippen molar-refractivity contribution in [2.24, 2.45) is 11.8 Å². The summed E-state index contributed by atoms with van der Waals surface area (Å²) in [7, 11) is 1.84. The quantitative estimate of drug-likeness (QED) is 0.867. The number of carboxylic acid groups (broad SMARTS) is 1. The van der Waals surface area contributed by atoms with Gasteiger partial charge in [0.2, 0.25) is 5.91 Å². The molecule has 1 aliphatic carbocycles. The van der Waals surface area contributed by atoms with Crippen LogP contribution in [0.4, 0.5) is 0 Å². The molecular formula is C17H22BrNO3. The molecule has 0 unspecified atom stereocenters. The number of likely N-dealkylation sites (N-methyl/N-ethyl adjacent to an activating group) is 1. The molecule has 4 nitrogen and oxygen atoms in total. The zero-order valence-electron chi connectivity index (χ0n) is 12.8. The Morgan fingerprint density at radius 3 is 2.23 bits per heavy atom. The van der Waals surface area contributed by atoms with Gasteiger partial charge in [-0.3, -0.25) is 9.59 Å². The minimum Gasteiger partial charge on any atom is -0.481 e. The van der Waals surface area contributed by atoms with Gasteiger partial charge in [-0.1, -0.05) is 28.1 Å². The average molecular weight is 368 g/mol. The first kappa shape index (κ1) is 17.0. The van der Waals surface area contributed by atoms with Gasteiger partial charge in [0, 0.05) is 24.0 Å². The van der Waals surface area contributed by atoms with E-state index in [0.717, 1.165) is 10.9 Å². The van der Waals surface area contributed by atoms with Crippen molar-refractivity contribution in [1.82, 2.24) is 4.90 Å². The maximum atomic E-state index is 12.4. The van der Waals surface area contributed by atoms with Crippen molar-refractivity contribution in [3.63, 3.8) is 0 Å². The summed E-state index contributed by atoms with van der Waals surface area (Å²) in [5.41, 5.74) is 1.21. The van der Waals surface area contributed by atoms with E-state index < -0.39 is 5.97 Å². The van der Waals surface area contributed by atoms with Crippen molar-refractivity contribution in [1.29, 1.82) is 0 Å². The summed E-state index contributed by atoms with van der Waals surface area (Å²) in [4.78, 5) is 25.2. The molecule has 1 aliphatic rings. The number of rotatable bonds is 5. The smallest absolute Gasteiger partial charge is 0.306 e. The van der Waals surface area contributed by atoms with E-state index in [2.05, 4.69) is 28.1 Å². The van der Waals surface area contributed by atoms with E-state index in [1.54, 1.807) is 4.90 Å². The second kappa shape index (κ2) is 7.77. The summed E-state index contributed by atoms with van der Waals surface area (Å²) >= 11 is 3.41. The van der Waals surface area contributed by atoms with Gasteiger partial charge in [0.25, 0.3) is 0 Å².